The summed E-state index contributed by atoms with van der Waals surface area (Å²) in [6.45, 7) is 2.07. The molecule has 18 heavy (non-hydrogen) atoms. The Bertz CT molecular complexity index is 577. The molecule has 1 heterocycles. The van der Waals surface area contributed by atoms with Crippen LogP contribution in [0.1, 0.15) is 12.5 Å². The molecule has 0 fully saturated rings. The second-order valence-electron chi connectivity index (χ2n) is 4.78. The number of para-hydroxylation sites is 1. The Labute approximate surface area is 107 Å². The van der Waals surface area contributed by atoms with Gasteiger partial charge in [0.1, 0.15) is 5.69 Å². The van der Waals surface area contributed by atoms with Crippen LogP contribution in [-0.4, -0.2) is 5.66 Å². The lowest BCUT2D eigenvalue weighted by Crippen LogP contribution is -2.36. The van der Waals surface area contributed by atoms with E-state index < -0.39 is 0 Å². The van der Waals surface area contributed by atoms with E-state index in [0.29, 0.717) is 0 Å². The van der Waals surface area contributed by atoms with Gasteiger partial charge < -0.3 is 5.32 Å². The standard InChI is InChI=1S/C15H15N3/c1-15(11-12-7-3-2-4-8-12)16-13-9-5-6-10-14(13)17-18-15/h2-10,16H,11H2,1H3. The molecule has 3 nitrogen and oxygen atoms in total. The Balaban J connectivity index is 1.86. The fraction of sp³-hybridized carbons (Fsp3) is 0.200. The minimum Gasteiger partial charge on any atom is -0.358 e. The zero-order chi connectivity index (χ0) is 12.4. The number of hydrogen-bond acceptors (Lipinski definition) is 3. The zero-order valence-electron chi connectivity index (χ0n) is 10.3. The maximum absolute atomic E-state index is 4.41. The van der Waals surface area contributed by atoms with Gasteiger partial charge in [-0.15, -0.1) is 0 Å². The van der Waals surface area contributed by atoms with Crippen molar-refractivity contribution in [1.82, 2.24) is 0 Å². The van der Waals surface area contributed by atoms with Crippen LogP contribution in [0.15, 0.2) is 64.8 Å². The highest BCUT2D eigenvalue weighted by molar-refractivity contribution is 5.67. The molecule has 2 aromatic rings. The Kier molecular flexibility index (Phi) is 2.59. The van der Waals surface area contributed by atoms with E-state index in [2.05, 4.69) is 34.6 Å². The van der Waals surface area contributed by atoms with E-state index in [-0.39, 0.29) is 5.66 Å². The highest BCUT2D eigenvalue weighted by Gasteiger charge is 2.27. The predicted octanol–water partition coefficient (Wildman–Crippen LogP) is 4.15. The van der Waals surface area contributed by atoms with Gasteiger partial charge in [0.05, 0.1) is 5.69 Å². The molecule has 90 valence electrons. The summed E-state index contributed by atoms with van der Waals surface area (Å²) >= 11 is 0. The molecule has 0 saturated carbocycles. The van der Waals surface area contributed by atoms with Crippen LogP contribution in [0.3, 0.4) is 0 Å². The fourth-order valence-corrected chi connectivity index (χ4v) is 2.22. The van der Waals surface area contributed by atoms with Gasteiger partial charge in [-0.05, 0) is 24.6 Å². The van der Waals surface area contributed by atoms with Crippen molar-refractivity contribution in [2.45, 2.75) is 19.0 Å². The van der Waals surface area contributed by atoms with Crippen molar-refractivity contribution < 1.29 is 0 Å². The van der Waals surface area contributed by atoms with E-state index in [9.17, 15) is 0 Å². The predicted molar refractivity (Wildman–Crippen MR) is 73.1 cm³/mol. The summed E-state index contributed by atoms with van der Waals surface area (Å²) in [6.07, 6.45) is 0.825. The molecule has 1 atom stereocenters. The average Bonchev–Trinajstić information content (AvgIpc) is 2.39. The number of fused-ring (bicyclic) bond motifs is 1. The lowest BCUT2D eigenvalue weighted by atomic mass is 10.0. The first-order valence-electron chi connectivity index (χ1n) is 6.09. The van der Waals surface area contributed by atoms with Crippen LogP contribution in [0.5, 0.6) is 0 Å². The van der Waals surface area contributed by atoms with Gasteiger partial charge in [0.15, 0.2) is 5.66 Å². The largest absolute Gasteiger partial charge is 0.358 e. The van der Waals surface area contributed by atoms with Crippen LogP contribution in [0, 0.1) is 0 Å². The molecule has 1 aliphatic heterocycles. The van der Waals surface area contributed by atoms with Crippen LogP contribution in [0.2, 0.25) is 0 Å². The molecule has 3 heteroatoms. The smallest absolute Gasteiger partial charge is 0.152 e. The van der Waals surface area contributed by atoms with Gasteiger partial charge >= 0.3 is 0 Å². The maximum Gasteiger partial charge on any atom is 0.152 e. The molecule has 1 unspecified atom stereocenters. The average molecular weight is 237 g/mol. The summed E-state index contributed by atoms with van der Waals surface area (Å²) in [4.78, 5) is 0. The summed E-state index contributed by atoms with van der Waals surface area (Å²) in [5.41, 5.74) is 2.84. The minimum atomic E-state index is -0.365. The molecule has 1 aliphatic rings. The molecule has 3 rings (SSSR count). The topological polar surface area (TPSA) is 36.8 Å². The fourth-order valence-electron chi connectivity index (χ4n) is 2.22. The first kappa shape index (κ1) is 11.0. The number of azo groups is 1. The molecule has 0 aliphatic carbocycles. The zero-order valence-corrected chi connectivity index (χ0v) is 10.3. The summed E-state index contributed by atoms with van der Waals surface area (Å²) in [5, 5.41) is 12.2. The van der Waals surface area contributed by atoms with Gasteiger partial charge in [-0.1, -0.05) is 42.5 Å². The lowest BCUT2D eigenvalue weighted by molar-refractivity contribution is 0.502. The van der Waals surface area contributed by atoms with E-state index in [1.165, 1.54) is 5.56 Å². The van der Waals surface area contributed by atoms with Crippen molar-refractivity contribution in [2.24, 2.45) is 10.2 Å². The maximum atomic E-state index is 4.41. The first-order chi connectivity index (χ1) is 8.75. The lowest BCUT2D eigenvalue weighted by Gasteiger charge is -2.30. The molecule has 0 bridgehead atoms. The number of rotatable bonds is 2. The van der Waals surface area contributed by atoms with Crippen LogP contribution in [0.4, 0.5) is 11.4 Å². The number of benzene rings is 2. The van der Waals surface area contributed by atoms with Crippen molar-refractivity contribution in [3.63, 3.8) is 0 Å². The third-order valence-corrected chi connectivity index (χ3v) is 3.08. The van der Waals surface area contributed by atoms with Gasteiger partial charge in [-0.2, -0.15) is 10.2 Å². The quantitative estimate of drug-likeness (QED) is 0.836. The van der Waals surface area contributed by atoms with Gasteiger partial charge in [-0.3, -0.25) is 0 Å². The summed E-state index contributed by atoms with van der Waals surface area (Å²) in [5.74, 6) is 0. The van der Waals surface area contributed by atoms with E-state index >= 15 is 0 Å². The molecule has 0 spiro atoms. The van der Waals surface area contributed by atoms with Crippen molar-refractivity contribution in [1.29, 1.82) is 0 Å². The number of hydrogen-bond donors (Lipinski definition) is 1. The molecule has 1 N–H and O–H groups in total. The second kappa shape index (κ2) is 4.26. The van der Waals surface area contributed by atoms with E-state index in [4.69, 9.17) is 0 Å². The highest BCUT2D eigenvalue weighted by atomic mass is 15.3. The molecule has 2 aromatic carbocycles. The summed E-state index contributed by atoms with van der Waals surface area (Å²) in [7, 11) is 0. The van der Waals surface area contributed by atoms with Crippen molar-refractivity contribution in [3.05, 3.63) is 60.2 Å². The van der Waals surface area contributed by atoms with Gasteiger partial charge in [0.2, 0.25) is 0 Å². The van der Waals surface area contributed by atoms with Crippen LogP contribution in [0.25, 0.3) is 0 Å². The number of nitrogens with one attached hydrogen (secondary N) is 1. The van der Waals surface area contributed by atoms with Crippen molar-refractivity contribution >= 4 is 11.4 Å². The Morgan fingerprint density at radius 2 is 1.72 bits per heavy atom. The summed E-state index contributed by atoms with van der Waals surface area (Å²) in [6, 6.07) is 18.3. The molecule has 0 aromatic heterocycles. The van der Waals surface area contributed by atoms with Crippen LogP contribution >= 0.6 is 0 Å². The Hall–Kier alpha value is -2.16. The monoisotopic (exact) mass is 237 g/mol. The molecule has 0 amide bonds. The first-order valence-corrected chi connectivity index (χ1v) is 6.09. The second-order valence-corrected chi connectivity index (χ2v) is 4.78. The minimum absolute atomic E-state index is 0.365. The van der Waals surface area contributed by atoms with Gasteiger partial charge in [0, 0.05) is 6.42 Å². The molecular weight excluding hydrogens is 222 g/mol. The normalized spacial score (nSPS) is 21.2. The van der Waals surface area contributed by atoms with Crippen LogP contribution < -0.4 is 5.32 Å². The molecular formula is C15H15N3. The molecule has 0 radical (unpaired) electrons. The van der Waals surface area contributed by atoms with Crippen molar-refractivity contribution in [2.75, 3.05) is 5.32 Å². The SMILES string of the molecule is CC1(Cc2ccccc2)N=Nc2ccccc2N1. The van der Waals surface area contributed by atoms with E-state index in [0.717, 1.165) is 17.8 Å². The van der Waals surface area contributed by atoms with E-state index in [1.54, 1.807) is 0 Å². The third kappa shape index (κ3) is 2.12. The number of anilines is 1. The molecule has 0 saturated heterocycles. The van der Waals surface area contributed by atoms with Gasteiger partial charge in [0.25, 0.3) is 0 Å². The van der Waals surface area contributed by atoms with Gasteiger partial charge in [-0.25, -0.2) is 0 Å². The van der Waals surface area contributed by atoms with Crippen LogP contribution in [-0.2, 0) is 6.42 Å². The number of nitrogens with zero attached hydrogens (tertiary/aromatic N) is 2. The van der Waals surface area contributed by atoms with E-state index in [1.807, 2.05) is 42.5 Å². The summed E-state index contributed by atoms with van der Waals surface area (Å²) < 4.78 is 0. The Morgan fingerprint density at radius 3 is 2.56 bits per heavy atom. The van der Waals surface area contributed by atoms with Crippen molar-refractivity contribution in [3.8, 4) is 0 Å². The third-order valence-electron chi connectivity index (χ3n) is 3.08. The highest BCUT2D eigenvalue weighted by Crippen LogP contribution is 2.34. The Morgan fingerprint density at radius 1 is 1.00 bits per heavy atom.